The lowest BCUT2D eigenvalue weighted by molar-refractivity contribution is 0.410. The minimum absolute atomic E-state index is 0. The Morgan fingerprint density at radius 3 is 2.50 bits per heavy atom. The summed E-state index contributed by atoms with van der Waals surface area (Å²) in [7, 11) is 0. The molecule has 0 bridgehead atoms. The highest BCUT2D eigenvalue weighted by Gasteiger charge is 2.20. The molecule has 0 saturated heterocycles. The van der Waals surface area contributed by atoms with Gasteiger partial charge in [0.15, 0.2) is 11.5 Å². The Balaban J connectivity index is 0.00000140. The van der Waals surface area contributed by atoms with E-state index in [0.29, 0.717) is 36.0 Å². The zero-order chi connectivity index (χ0) is 17.9. The molecule has 0 unspecified atom stereocenters. The van der Waals surface area contributed by atoms with E-state index in [1.807, 2.05) is 0 Å². The average molecular weight is 428 g/mol. The van der Waals surface area contributed by atoms with Gasteiger partial charge in [-0.1, -0.05) is 12.1 Å². The molecule has 0 spiro atoms. The second-order valence-corrected chi connectivity index (χ2v) is 6.73. The molecule has 28 heavy (non-hydrogen) atoms. The molecule has 1 aliphatic carbocycles. The molecule has 1 aromatic carbocycles. The number of H-pyrrole nitrogens is 1. The maximum Gasteiger partial charge on any atom is 0.227 e. The highest BCUT2D eigenvalue weighted by Crippen LogP contribution is 2.23. The Hall–Kier alpha value is -2.16. The van der Waals surface area contributed by atoms with Gasteiger partial charge in [-0.25, -0.2) is 9.37 Å². The molecule has 0 atom stereocenters. The van der Waals surface area contributed by atoms with Crippen molar-refractivity contribution in [3.05, 3.63) is 42.0 Å². The van der Waals surface area contributed by atoms with Crippen LogP contribution in [0.15, 0.2) is 30.6 Å². The second-order valence-electron chi connectivity index (χ2n) is 6.73. The van der Waals surface area contributed by atoms with Gasteiger partial charge in [-0.05, 0) is 43.4 Å². The highest BCUT2D eigenvalue weighted by molar-refractivity contribution is 5.85. The summed E-state index contributed by atoms with van der Waals surface area (Å²) in [4.78, 5) is 16.4. The summed E-state index contributed by atoms with van der Waals surface area (Å²) >= 11 is 0. The molecule has 4 rings (SSSR count). The van der Waals surface area contributed by atoms with Gasteiger partial charge < -0.3 is 21.4 Å². The number of nitrogens with zero attached hydrogens (tertiary/aromatic N) is 3. The van der Waals surface area contributed by atoms with Gasteiger partial charge >= 0.3 is 0 Å². The monoisotopic (exact) mass is 427 g/mol. The lowest BCUT2D eigenvalue weighted by atomic mass is 9.92. The molecule has 2 heterocycles. The van der Waals surface area contributed by atoms with E-state index in [1.165, 1.54) is 12.1 Å². The van der Waals surface area contributed by atoms with Crippen LogP contribution < -0.4 is 16.4 Å². The van der Waals surface area contributed by atoms with Crippen molar-refractivity contribution in [1.29, 1.82) is 0 Å². The first kappa shape index (κ1) is 22.1. The molecule has 1 fully saturated rings. The van der Waals surface area contributed by atoms with E-state index in [0.717, 1.165) is 36.8 Å². The minimum Gasteiger partial charge on any atom is -0.364 e. The number of aromatic nitrogens is 4. The fourth-order valence-electron chi connectivity index (χ4n) is 3.26. The Kier molecular flexibility index (Phi) is 7.79. The van der Waals surface area contributed by atoms with Crippen LogP contribution in [0.5, 0.6) is 0 Å². The predicted molar refractivity (Wildman–Crippen MR) is 114 cm³/mol. The number of hydrogen-bond acceptors (Lipinski definition) is 6. The van der Waals surface area contributed by atoms with E-state index < -0.39 is 0 Å². The van der Waals surface area contributed by atoms with Crippen LogP contribution >= 0.6 is 24.8 Å². The van der Waals surface area contributed by atoms with Gasteiger partial charge in [0.25, 0.3) is 0 Å². The molecule has 1 aliphatic rings. The van der Waals surface area contributed by atoms with Crippen LogP contribution in [0, 0.1) is 5.82 Å². The van der Waals surface area contributed by atoms with Crippen molar-refractivity contribution in [2.75, 3.05) is 10.6 Å². The molecule has 2 aromatic heterocycles. The molecule has 0 amide bonds. The third-order valence-corrected chi connectivity index (χ3v) is 4.76. The van der Waals surface area contributed by atoms with Crippen LogP contribution in [-0.4, -0.2) is 32.0 Å². The Bertz CT molecular complexity index is 879. The van der Waals surface area contributed by atoms with Gasteiger partial charge in [-0.3, -0.25) is 0 Å². The highest BCUT2D eigenvalue weighted by atomic mass is 35.5. The van der Waals surface area contributed by atoms with Crippen molar-refractivity contribution in [1.82, 2.24) is 19.9 Å². The first-order chi connectivity index (χ1) is 12.7. The van der Waals surface area contributed by atoms with Gasteiger partial charge in [0.1, 0.15) is 11.3 Å². The summed E-state index contributed by atoms with van der Waals surface area (Å²) in [6.45, 7) is 0.531. The quantitative estimate of drug-likeness (QED) is 0.495. The van der Waals surface area contributed by atoms with E-state index in [-0.39, 0.29) is 30.6 Å². The molecule has 3 aromatic rings. The van der Waals surface area contributed by atoms with E-state index in [9.17, 15) is 4.39 Å². The maximum atomic E-state index is 13.0. The summed E-state index contributed by atoms with van der Waals surface area (Å²) in [6, 6.07) is 7.02. The van der Waals surface area contributed by atoms with E-state index in [1.54, 1.807) is 18.5 Å². The van der Waals surface area contributed by atoms with Crippen molar-refractivity contribution < 1.29 is 4.39 Å². The van der Waals surface area contributed by atoms with E-state index in [2.05, 4.69) is 30.6 Å². The van der Waals surface area contributed by atoms with E-state index in [4.69, 9.17) is 5.73 Å². The van der Waals surface area contributed by atoms with Crippen molar-refractivity contribution in [2.45, 2.75) is 44.3 Å². The number of fused-ring (bicyclic) bond motifs is 1. The summed E-state index contributed by atoms with van der Waals surface area (Å²) in [5, 5.41) is 6.70. The van der Waals surface area contributed by atoms with Crippen LogP contribution in [0.4, 0.5) is 16.2 Å². The number of halogens is 3. The Labute approximate surface area is 174 Å². The number of rotatable bonds is 5. The predicted octanol–water partition coefficient (Wildman–Crippen LogP) is 3.63. The second kappa shape index (κ2) is 9.86. The molecule has 7 nitrogen and oxygen atoms in total. The molecule has 5 N–H and O–H groups in total. The first-order valence-electron chi connectivity index (χ1n) is 8.89. The normalized spacial score (nSPS) is 18.8. The Morgan fingerprint density at radius 2 is 1.79 bits per heavy atom. The lowest BCUT2D eigenvalue weighted by Crippen LogP contribution is -2.33. The minimum atomic E-state index is -0.245. The lowest BCUT2D eigenvalue weighted by Gasteiger charge is -2.26. The zero-order valence-electron chi connectivity index (χ0n) is 15.2. The maximum absolute atomic E-state index is 13.0. The first-order valence-corrected chi connectivity index (χ1v) is 8.89. The van der Waals surface area contributed by atoms with Gasteiger partial charge in [-0.15, -0.1) is 24.8 Å². The van der Waals surface area contributed by atoms with Crippen molar-refractivity contribution in [2.24, 2.45) is 5.73 Å². The number of nitrogens with two attached hydrogens (primary N) is 1. The molecule has 0 radical (unpaired) electrons. The molecular formula is C18H24Cl2FN7. The third kappa shape index (κ3) is 5.21. The van der Waals surface area contributed by atoms with Gasteiger partial charge in [0.05, 0.1) is 6.33 Å². The number of hydrogen-bond donors (Lipinski definition) is 4. The molecule has 1 saturated carbocycles. The summed E-state index contributed by atoms with van der Waals surface area (Å²) < 4.78 is 13.0. The number of imidazole rings is 1. The number of benzene rings is 1. The summed E-state index contributed by atoms with van der Waals surface area (Å²) in [6.07, 6.45) is 5.66. The van der Waals surface area contributed by atoms with E-state index >= 15 is 0 Å². The Morgan fingerprint density at radius 1 is 1.07 bits per heavy atom. The van der Waals surface area contributed by atoms with Crippen LogP contribution in [0.3, 0.4) is 0 Å². The van der Waals surface area contributed by atoms with Crippen molar-refractivity contribution >= 4 is 47.7 Å². The molecule has 10 heteroatoms. The number of aromatic amines is 1. The van der Waals surface area contributed by atoms with Crippen LogP contribution in [0.2, 0.25) is 0 Å². The van der Waals surface area contributed by atoms with Crippen molar-refractivity contribution in [3.8, 4) is 0 Å². The fourth-order valence-corrected chi connectivity index (χ4v) is 3.26. The summed E-state index contributed by atoms with van der Waals surface area (Å²) in [5.41, 5.74) is 8.30. The number of anilines is 2. The van der Waals surface area contributed by atoms with Gasteiger partial charge in [0, 0.05) is 18.6 Å². The molecule has 0 aliphatic heterocycles. The number of nitrogens with one attached hydrogen (secondary N) is 3. The SMILES string of the molecule is Cl.Cl.NC1CCC(Nc2nc(NCc3ccc(F)cc3)c3[nH]cnc3n2)CC1. The molecule has 152 valence electrons. The fraction of sp³-hybridized carbons (Fsp3) is 0.389. The standard InChI is InChI=1S/C18H22FN7.2ClH/c19-12-3-1-11(2-4-12)9-21-16-15-17(23-10-22-15)26-18(25-16)24-14-7-5-13(20)6-8-14;;/h1-4,10,13-14H,5-9,20H2,(H3,21,22,23,24,25,26);2*1H. The van der Waals surface area contributed by atoms with Gasteiger partial charge in [-0.2, -0.15) is 9.97 Å². The van der Waals surface area contributed by atoms with Crippen LogP contribution in [0.1, 0.15) is 31.2 Å². The summed E-state index contributed by atoms with van der Waals surface area (Å²) in [5.74, 6) is 0.990. The largest absolute Gasteiger partial charge is 0.364 e. The average Bonchev–Trinajstić information content (AvgIpc) is 3.12. The van der Waals surface area contributed by atoms with Crippen LogP contribution in [0.25, 0.3) is 11.2 Å². The topological polar surface area (TPSA) is 105 Å². The van der Waals surface area contributed by atoms with Crippen molar-refractivity contribution in [3.63, 3.8) is 0 Å². The van der Waals surface area contributed by atoms with Crippen LogP contribution in [-0.2, 0) is 6.54 Å². The zero-order valence-corrected chi connectivity index (χ0v) is 16.8. The van der Waals surface area contributed by atoms with Gasteiger partial charge in [0.2, 0.25) is 5.95 Å². The third-order valence-electron chi connectivity index (χ3n) is 4.76. The molecular weight excluding hydrogens is 404 g/mol. The smallest absolute Gasteiger partial charge is 0.227 e.